The molecule has 0 unspecified atom stereocenters. The van der Waals surface area contributed by atoms with Crippen molar-refractivity contribution in [1.82, 2.24) is 0 Å². The van der Waals surface area contributed by atoms with Crippen molar-refractivity contribution in [3.05, 3.63) is 76.8 Å². The lowest BCUT2D eigenvalue weighted by atomic mass is 9.73. The molecule has 1 nitrogen and oxygen atoms in total. The number of ether oxygens (including phenoxy) is 1. The summed E-state index contributed by atoms with van der Waals surface area (Å²) in [5, 5.41) is 0. The van der Waals surface area contributed by atoms with Gasteiger partial charge in [0, 0.05) is 11.1 Å². The third kappa shape index (κ3) is 5.50. The molecule has 2 aliphatic carbocycles. The zero-order valence-electron chi connectivity index (χ0n) is 21.4. The Bertz CT molecular complexity index is 1200. The average molecular weight is 541 g/mol. The summed E-state index contributed by atoms with van der Waals surface area (Å²) in [6, 6.07) is 7.16. The van der Waals surface area contributed by atoms with Crippen LogP contribution in [0.5, 0.6) is 5.75 Å². The minimum Gasteiger partial charge on any atom is -0.453 e. The zero-order valence-corrected chi connectivity index (χ0v) is 21.4. The summed E-state index contributed by atoms with van der Waals surface area (Å²) in [7, 11) is 0. The van der Waals surface area contributed by atoms with Gasteiger partial charge >= 0.3 is 0 Å². The van der Waals surface area contributed by atoms with Crippen LogP contribution in [0.2, 0.25) is 0 Å². The second-order valence-electron chi connectivity index (χ2n) is 10.4. The fraction of sp³-hybridized carbons (Fsp3) is 0.467. The molecule has 0 N–H and O–H groups in total. The van der Waals surface area contributed by atoms with Crippen LogP contribution >= 0.6 is 0 Å². The van der Waals surface area contributed by atoms with Crippen LogP contribution in [-0.4, -0.2) is 11.8 Å². The van der Waals surface area contributed by atoms with Gasteiger partial charge in [-0.3, -0.25) is 0 Å². The third-order valence-corrected chi connectivity index (χ3v) is 7.69. The highest BCUT2D eigenvalue weighted by Gasteiger charge is 2.52. The van der Waals surface area contributed by atoms with Gasteiger partial charge in [0.25, 0.3) is 0 Å². The van der Waals surface area contributed by atoms with E-state index in [1.165, 1.54) is 24.3 Å². The van der Waals surface area contributed by atoms with E-state index in [0.717, 1.165) is 50.7 Å². The number of benzene rings is 2. The minimum atomic E-state index is -3.30. The van der Waals surface area contributed by atoms with Crippen molar-refractivity contribution in [2.24, 2.45) is 11.8 Å². The molecule has 1 saturated carbocycles. The molecule has 2 aliphatic rings. The van der Waals surface area contributed by atoms with Crippen molar-refractivity contribution < 1.29 is 35.5 Å². The van der Waals surface area contributed by atoms with Crippen LogP contribution in [0.4, 0.5) is 30.7 Å². The third-order valence-electron chi connectivity index (χ3n) is 7.69. The van der Waals surface area contributed by atoms with E-state index in [0.29, 0.717) is 25.7 Å². The molecule has 0 radical (unpaired) electrons. The summed E-state index contributed by atoms with van der Waals surface area (Å²) < 4.78 is 108. The van der Waals surface area contributed by atoms with Gasteiger partial charge in [-0.05, 0) is 68.2 Å². The van der Waals surface area contributed by atoms with Crippen LogP contribution in [0.1, 0.15) is 65.2 Å². The van der Waals surface area contributed by atoms with Gasteiger partial charge in [0.2, 0.25) is 0 Å². The maximum atomic E-state index is 15.5. The highest BCUT2D eigenvalue weighted by atomic mass is 19.2. The summed E-state index contributed by atoms with van der Waals surface area (Å²) >= 11 is 0. The molecule has 0 amide bonds. The molecule has 206 valence electrons. The number of allylic oxidation sites excluding steroid dienone is 3. The van der Waals surface area contributed by atoms with Gasteiger partial charge in [0.15, 0.2) is 40.9 Å². The van der Waals surface area contributed by atoms with Crippen molar-refractivity contribution in [1.29, 1.82) is 0 Å². The average Bonchev–Trinajstić information content (AvgIpc) is 2.90. The van der Waals surface area contributed by atoms with E-state index in [2.05, 4.69) is 6.92 Å². The Hall–Kier alpha value is -2.77. The maximum absolute atomic E-state index is 15.5. The molecule has 0 aliphatic heterocycles. The molecule has 2 aromatic carbocycles. The summed E-state index contributed by atoms with van der Waals surface area (Å²) in [4.78, 5) is 0. The molecule has 38 heavy (non-hydrogen) atoms. The SMILES string of the molecule is CCCCCC1CCC(C2=C(F)[C@H](F)[C@](C)(F)C(F)=C2Oc2ccccc2-c2cc(F)c(F)c(F)c2)CC1. The Morgan fingerprint density at radius 3 is 2.18 bits per heavy atom. The Balaban J connectivity index is 1.69. The predicted molar refractivity (Wildman–Crippen MR) is 133 cm³/mol. The molecule has 2 aromatic rings. The standard InChI is InChI=1S/C30H31F7O/c1-3-4-5-8-17-11-13-18(14-12-17)24-26(34)28(35)30(2,37)29(36)27(24)38-23-10-7-6-9-20(23)19-15-21(31)25(33)22(32)16-19/h6-7,9-10,15-18,28H,3-5,8,11-14H2,1-2H3/t17?,18?,28-,30-/m0/s1. The summed E-state index contributed by atoms with van der Waals surface area (Å²) in [6.45, 7) is 2.72. The topological polar surface area (TPSA) is 9.23 Å². The zero-order chi connectivity index (χ0) is 27.6. The number of para-hydroxylation sites is 1. The van der Waals surface area contributed by atoms with E-state index >= 15 is 13.2 Å². The molecule has 0 saturated heterocycles. The monoisotopic (exact) mass is 540 g/mol. The van der Waals surface area contributed by atoms with Crippen LogP contribution in [0.25, 0.3) is 11.1 Å². The second-order valence-corrected chi connectivity index (χ2v) is 10.4. The first kappa shape index (κ1) is 28.2. The van der Waals surface area contributed by atoms with E-state index in [9.17, 15) is 17.6 Å². The molecule has 0 aromatic heterocycles. The van der Waals surface area contributed by atoms with E-state index in [-0.39, 0.29) is 22.4 Å². The highest BCUT2D eigenvalue weighted by molar-refractivity contribution is 5.71. The largest absolute Gasteiger partial charge is 0.453 e. The second kappa shape index (κ2) is 11.5. The predicted octanol–water partition coefficient (Wildman–Crippen LogP) is 10.0. The summed E-state index contributed by atoms with van der Waals surface area (Å²) in [5.74, 6) is -8.63. The smallest absolute Gasteiger partial charge is 0.200 e. The number of hydrogen-bond acceptors (Lipinski definition) is 1. The lowest BCUT2D eigenvalue weighted by Crippen LogP contribution is -2.39. The molecule has 4 rings (SSSR count). The molecule has 2 atom stereocenters. The molecule has 8 heteroatoms. The van der Waals surface area contributed by atoms with Gasteiger partial charge in [-0.1, -0.05) is 50.8 Å². The summed E-state index contributed by atoms with van der Waals surface area (Å²) in [6.07, 6.45) is 3.91. The van der Waals surface area contributed by atoms with E-state index in [1.807, 2.05) is 0 Å². The van der Waals surface area contributed by atoms with E-state index in [4.69, 9.17) is 4.74 Å². The van der Waals surface area contributed by atoms with Crippen LogP contribution < -0.4 is 4.74 Å². The van der Waals surface area contributed by atoms with Crippen LogP contribution in [0.3, 0.4) is 0 Å². The Kier molecular flexibility index (Phi) is 8.58. The van der Waals surface area contributed by atoms with Crippen molar-refractivity contribution in [2.75, 3.05) is 0 Å². The number of unbranched alkanes of at least 4 members (excludes halogenated alkanes) is 2. The molecular weight excluding hydrogens is 509 g/mol. The van der Waals surface area contributed by atoms with Gasteiger partial charge in [-0.15, -0.1) is 0 Å². The quantitative estimate of drug-likeness (QED) is 0.184. The molecular formula is C30H31F7O. The first-order valence-corrected chi connectivity index (χ1v) is 13.1. The van der Waals surface area contributed by atoms with Gasteiger partial charge in [0.1, 0.15) is 11.6 Å². The van der Waals surface area contributed by atoms with Crippen LogP contribution in [-0.2, 0) is 0 Å². The number of hydrogen-bond donors (Lipinski definition) is 0. The van der Waals surface area contributed by atoms with Crippen LogP contribution in [0, 0.1) is 29.3 Å². The minimum absolute atomic E-state index is 0.0351. The van der Waals surface area contributed by atoms with Gasteiger partial charge < -0.3 is 4.74 Å². The molecule has 0 bridgehead atoms. The molecule has 0 spiro atoms. The lowest BCUT2D eigenvalue weighted by Gasteiger charge is -2.36. The van der Waals surface area contributed by atoms with Gasteiger partial charge in [-0.2, -0.15) is 0 Å². The number of alkyl halides is 2. The fourth-order valence-corrected chi connectivity index (χ4v) is 5.45. The highest BCUT2D eigenvalue weighted by Crippen LogP contribution is 2.50. The van der Waals surface area contributed by atoms with E-state index < -0.39 is 52.6 Å². The van der Waals surface area contributed by atoms with Crippen molar-refractivity contribution in [3.63, 3.8) is 0 Å². The van der Waals surface area contributed by atoms with E-state index in [1.54, 1.807) is 0 Å². The molecule has 0 heterocycles. The van der Waals surface area contributed by atoms with Crippen molar-refractivity contribution in [2.45, 2.75) is 77.1 Å². The first-order valence-electron chi connectivity index (χ1n) is 13.1. The Morgan fingerprint density at radius 1 is 0.921 bits per heavy atom. The van der Waals surface area contributed by atoms with Gasteiger partial charge in [0.05, 0.1) is 0 Å². The van der Waals surface area contributed by atoms with Crippen molar-refractivity contribution >= 4 is 0 Å². The Morgan fingerprint density at radius 2 is 1.55 bits per heavy atom. The van der Waals surface area contributed by atoms with Crippen molar-refractivity contribution in [3.8, 4) is 16.9 Å². The molecule has 1 fully saturated rings. The van der Waals surface area contributed by atoms with Crippen LogP contribution in [0.15, 0.2) is 59.4 Å². The number of halogens is 7. The van der Waals surface area contributed by atoms with Gasteiger partial charge in [-0.25, -0.2) is 30.7 Å². The Labute approximate surface area is 218 Å². The lowest BCUT2D eigenvalue weighted by molar-refractivity contribution is 0.0708. The first-order chi connectivity index (χ1) is 18.1. The fourth-order valence-electron chi connectivity index (χ4n) is 5.45. The number of rotatable bonds is 8. The maximum Gasteiger partial charge on any atom is 0.200 e. The normalized spacial score (nSPS) is 26.2. The summed E-state index contributed by atoms with van der Waals surface area (Å²) in [5.41, 5.74) is -3.74.